The first-order valence-electron chi connectivity index (χ1n) is 10.4. The topological polar surface area (TPSA) is 81.0 Å². The summed E-state index contributed by atoms with van der Waals surface area (Å²) in [4.78, 5) is 27.4. The molecule has 1 aromatic heterocycles. The lowest BCUT2D eigenvalue weighted by Crippen LogP contribution is -2.40. The van der Waals surface area contributed by atoms with Crippen molar-refractivity contribution in [1.82, 2.24) is 4.90 Å². The molecule has 2 amide bonds. The van der Waals surface area contributed by atoms with Gasteiger partial charge >= 0.3 is 0 Å². The van der Waals surface area contributed by atoms with Gasteiger partial charge in [0, 0.05) is 18.5 Å². The van der Waals surface area contributed by atoms with Crippen LogP contribution >= 0.6 is 0 Å². The fourth-order valence-electron chi connectivity index (χ4n) is 3.55. The summed E-state index contributed by atoms with van der Waals surface area (Å²) < 4.78 is 17.0. The van der Waals surface area contributed by atoms with Crippen molar-refractivity contribution < 1.29 is 23.5 Å². The van der Waals surface area contributed by atoms with Gasteiger partial charge in [0.15, 0.2) is 0 Å². The number of aryl methyl sites for hydroxylation is 2. The van der Waals surface area contributed by atoms with Gasteiger partial charge in [-0.1, -0.05) is 24.3 Å². The predicted octanol–water partition coefficient (Wildman–Crippen LogP) is 3.93. The van der Waals surface area contributed by atoms with E-state index in [2.05, 4.69) is 5.32 Å². The number of furan rings is 1. The van der Waals surface area contributed by atoms with Crippen LogP contribution in [-0.2, 0) is 9.53 Å². The Bertz CT molecular complexity index is 1100. The third kappa shape index (κ3) is 4.72. The molecule has 0 spiro atoms. The zero-order valence-electron chi connectivity index (χ0n) is 17.8. The van der Waals surface area contributed by atoms with Crippen molar-refractivity contribution in [3.05, 3.63) is 59.4 Å². The smallest absolute Gasteiger partial charge is 0.291 e. The second-order valence-corrected chi connectivity index (χ2v) is 7.62. The minimum Gasteiger partial charge on any atom is -0.493 e. The second kappa shape index (κ2) is 9.22. The molecule has 1 saturated heterocycles. The highest BCUT2D eigenvalue weighted by Crippen LogP contribution is 2.32. The second-order valence-electron chi connectivity index (χ2n) is 7.62. The van der Waals surface area contributed by atoms with E-state index < -0.39 is 0 Å². The Labute approximate surface area is 180 Å². The molecule has 2 aromatic carbocycles. The number of anilines is 1. The van der Waals surface area contributed by atoms with Crippen LogP contribution in [0.2, 0.25) is 0 Å². The third-order valence-corrected chi connectivity index (χ3v) is 5.28. The number of carbonyl (C=O) groups is 2. The molecule has 0 unspecified atom stereocenters. The summed E-state index contributed by atoms with van der Waals surface area (Å²) in [5.41, 5.74) is 3.08. The number of hydrogen-bond donors (Lipinski definition) is 1. The molecule has 0 radical (unpaired) electrons. The Morgan fingerprint density at radius 1 is 1.10 bits per heavy atom. The quantitative estimate of drug-likeness (QED) is 0.651. The van der Waals surface area contributed by atoms with Gasteiger partial charge in [-0.05, 0) is 43.2 Å². The lowest BCUT2D eigenvalue weighted by molar-refractivity contribution is -0.116. The number of benzene rings is 2. The van der Waals surface area contributed by atoms with Crippen LogP contribution in [0.1, 0.15) is 28.1 Å². The van der Waals surface area contributed by atoms with E-state index >= 15 is 0 Å². The number of carbonyl (C=O) groups excluding carboxylic acids is 2. The number of amides is 2. The molecule has 1 aliphatic heterocycles. The summed E-state index contributed by atoms with van der Waals surface area (Å²) in [7, 11) is 0. The molecule has 1 N–H and O–H groups in total. The molecule has 3 aromatic rings. The van der Waals surface area contributed by atoms with Crippen LogP contribution in [0.5, 0.6) is 5.75 Å². The number of fused-ring (bicyclic) bond motifs is 1. The molecule has 7 heteroatoms. The van der Waals surface area contributed by atoms with Crippen LogP contribution in [0, 0.1) is 13.8 Å². The van der Waals surface area contributed by atoms with Gasteiger partial charge in [0.05, 0.1) is 26.2 Å². The standard InChI is InChI=1S/C24H26N2O5/c1-16-7-8-17(2)20(15-16)30-12-9-21(27)25-22-18-5-3-4-6-19(18)31-23(22)24(28)26-10-13-29-14-11-26/h3-8,15H,9-14H2,1-2H3,(H,25,27). The number of nitrogens with one attached hydrogen (secondary N) is 1. The Balaban J connectivity index is 1.48. The first-order valence-corrected chi connectivity index (χ1v) is 10.4. The van der Waals surface area contributed by atoms with E-state index in [1.54, 1.807) is 11.0 Å². The Kier molecular flexibility index (Phi) is 6.23. The lowest BCUT2D eigenvalue weighted by atomic mass is 10.1. The van der Waals surface area contributed by atoms with Crippen molar-refractivity contribution in [2.75, 3.05) is 38.2 Å². The fraction of sp³-hybridized carbons (Fsp3) is 0.333. The lowest BCUT2D eigenvalue weighted by Gasteiger charge is -2.26. The van der Waals surface area contributed by atoms with Crippen molar-refractivity contribution in [3.63, 3.8) is 0 Å². The maximum atomic E-state index is 13.0. The number of nitrogens with zero attached hydrogens (tertiary/aromatic N) is 1. The van der Waals surface area contributed by atoms with Crippen molar-refractivity contribution in [2.24, 2.45) is 0 Å². The van der Waals surface area contributed by atoms with Gasteiger partial charge < -0.3 is 24.1 Å². The van der Waals surface area contributed by atoms with E-state index in [0.29, 0.717) is 43.0 Å². The molecule has 0 atom stereocenters. The number of morpholine rings is 1. The average Bonchev–Trinajstić information content (AvgIpc) is 3.14. The monoisotopic (exact) mass is 422 g/mol. The van der Waals surface area contributed by atoms with E-state index in [9.17, 15) is 9.59 Å². The van der Waals surface area contributed by atoms with Crippen molar-refractivity contribution in [1.29, 1.82) is 0 Å². The van der Waals surface area contributed by atoms with Crippen LogP contribution in [0.15, 0.2) is 46.9 Å². The highest BCUT2D eigenvalue weighted by atomic mass is 16.5. The van der Waals surface area contributed by atoms with Crippen LogP contribution in [-0.4, -0.2) is 49.6 Å². The molecular formula is C24H26N2O5. The normalized spacial score (nSPS) is 13.9. The predicted molar refractivity (Wildman–Crippen MR) is 118 cm³/mol. The van der Waals surface area contributed by atoms with Crippen LogP contribution in [0.25, 0.3) is 11.0 Å². The van der Waals surface area contributed by atoms with Gasteiger partial charge in [0.2, 0.25) is 11.7 Å². The number of hydrogen-bond acceptors (Lipinski definition) is 5. The van der Waals surface area contributed by atoms with Crippen LogP contribution < -0.4 is 10.1 Å². The summed E-state index contributed by atoms with van der Waals surface area (Å²) >= 11 is 0. The molecule has 162 valence electrons. The maximum absolute atomic E-state index is 13.0. The van der Waals surface area contributed by atoms with Gasteiger partial charge in [0.25, 0.3) is 5.91 Å². The van der Waals surface area contributed by atoms with Crippen LogP contribution in [0.3, 0.4) is 0 Å². The van der Waals surface area contributed by atoms with Crippen molar-refractivity contribution >= 4 is 28.5 Å². The maximum Gasteiger partial charge on any atom is 0.291 e. The minimum atomic E-state index is -0.249. The summed E-state index contributed by atoms with van der Waals surface area (Å²) in [5, 5.41) is 3.57. The highest BCUT2D eigenvalue weighted by molar-refractivity contribution is 6.10. The van der Waals surface area contributed by atoms with Crippen LogP contribution in [0.4, 0.5) is 5.69 Å². The van der Waals surface area contributed by atoms with Gasteiger partial charge in [-0.3, -0.25) is 9.59 Å². The molecule has 7 nitrogen and oxygen atoms in total. The summed E-state index contributed by atoms with van der Waals surface area (Å²) in [6.45, 7) is 6.16. The molecule has 0 saturated carbocycles. The molecule has 31 heavy (non-hydrogen) atoms. The van der Waals surface area contributed by atoms with Gasteiger partial charge in [-0.2, -0.15) is 0 Å². The number of para-hydroxylation sites is 1. The zero-order valence-corrected chi connectivity index (χ0v) is 17.8. The first-order chi connectivity index (χ1) is 15.0. The molecule has 2 heterocycles. The Hall–Kier alpha value is -3.32. The van der Waals surface area contributed by atoms with E-state index in [1.165, 1.54) is 0 Å². The zero-order chi connectivity index (χ0) is 21.8. The molecule has 0 aliphatic carbocycles. The number of ether oxygens (including phenoxy) is 2. The van der Waals surface area contributed by atoms with Gasteiger partial charge in [-0.25, -0.2) is 0 Å². The molecule has 0 bridgehead atoms. The van der Waals surface area contributed by atoms with E-state index in [1.807, 2.05) is 50.2 Å². The Morgan fingerprint density at radius 2 is 1.87 bits per heavy atom. The molecule has 4 rings (SSSR count). The minimum absolute atomic E-state index is 0.145. The van der Waals surface area contributed by atoms with E-state index in [4.69, 9.17) is 13.9 Å². The fourth-order valence-corrected chi connectivity index (χ4v) is 3.55. The van der Waals surface area contributed by atoms with Crippen molar-refractivity contribution in [2.45, 2.75) is 20.3 Å². The molecular weight excluding hydrogens is 396 g/mol. The molecule has 1 aliphatic rings. The molecule has 1 fully saturated rings. The summed E-state index contributed by atoms with van der Waals surface area (Å²) in [5.74, 6) is 0.422. The first kappa shape index (κ1) is 20.9. The van der Waals surface area contributed by atoms with Crippen molar-refractivity contribution in [3.8, 4) is 5.75 Å². The largest absolute Gasteiger partial charge is 0.493 e. The van der Waals surface area contributed by atoms with E-state index in [0.717, 1.165) is 16.9 Å². The summed E-state index contributed by atoms with van der Waals surface area (Å²) in [6.07, 6.45) is 0.151. The van der Waals surface area contributed by atoms with Gasteiger partial charge in [-0.15, -0.1) is 0 Å². The van der Waals surface area contributed by atoms with Gasteiger partial charge in [0.1, 0.15) is 17.0 Å². The van der Waals surface area contributed by atoms with E-state index in [-0.39, 0.29) is 30.6 Å². The highest BCUT2D eigenvalue weighted by Gasteiger charge is 2.27. The Morgan fingerprint density at radius 3 is 2.68 bits per heavy atom. The average molecular weight is 422 g/mol. The summed E-state index contributed by atoms with van der Waals surface area (Å²) in [6, 6.07) is 13.3. The number of rotatable bonds is 6. The third-order valence-electron chi connectivity index (χ3n) is 5.28. The SMILES string of the molecule is Cc1ccc(C)c(OCCC(=O)Nc2c(C(=O)N3CCOCC3)oc3ccccc23)c1.